The highest BCUT2D eigenvalue weighted by atomic mass is 32.1. The zero-order valence-corrected chi connectivity index (χ0v) is 10.1. The maximum atomic E-state index is 5.68. The number of benzene rings is 1. The lowest BCUT2D eigenvalue weighted by atomic mass is 10.2. The lowest BCUT2D eigenvalue weighted by molar-refractivity contribution is 0.354. The third kappa shape index (κ3) is 1.51. The molecule has 0 aliphatic carbocycles. The van der Waals surface area contributed by atoms with Crippen LogP contribution in [0.15, 0.2) is 6.07 Å². The molecular weight excluding hydrogens is 228 g/mol. The summed E-state index contributed by atoms with van der Waals surface area (Å²) in [6, 6.07) is 1.74. The van der Waals surface area contributed by atoms with E-state index in [9.17, 15) is 0 Å². The molecule has 16 heavy (non-hydrogen) atoms. The highest BCUT2D eigenvalue weighted by molar-refractivity contribution is 7.22. The normalized spacial score (nSPS) is 10.4. The molecule has 2 N–H and O–H groups in total. The summed E-state index contributed by atoms with van der Waals surface area (Å²) in [6.07, 6.45) is 0. The van der Waals surface area contributed by atoms with E-state index >= 15 is 0 Å². The summed E-state index contributed by atoms with van der Waals surface area (Å²) in [5, 5.41) is 0.472. The Bertz CT molecular complexity index is 524. The first-order valence-corrected chi connectivity index (χ1v) is 5.38. The van der Waals surface area contributed by atoms with Crippen molar-refractivity contribution in [1.82, 2.24) is 4.98 Å². The zero-order valence-electron chi connectivity index (χ0n) is 9.23. The van der Waals surface area contributed by atoms with Crippen LogP contribution in [0.1, 0.15) is 0 Å². The molecule has 0 saturated heterocycles. The number of methoxy groups -OCH3 is 3. The van der Waals surface area contributed by atoms with Crippen molar-refractivity contribution in [3.05, 3.63) is 6.07 Å². The quantitative estimate of drug-likeness (QED) is 0.887. The summed E-state index contributed by atoms with van der Waals surface area (Å²) in [4.78, 5) is 4.20. The van der Waals surface area contributed by atoms with E-state index in [2.05, 4.69) is 4.98 Å². The molecule has 1 aromatic carbocycles. The Kier molecular flexibility index (Phi) is 2.74. The summed E-state index contributed by atoms with van der Waals surface area (Å²) in [5.74, 6) is 1.86. The molecule has 2 aromatic rings. The number of hydrogen-bond donors (Lipinski definition) is 1. The van der Waals surface area contributed by atoms with Gasteiger partial charge in [-0.1, -0.05) is 11.3 Å². The Morgan fingerprint density at radius 1 is 1.12 bits per heavy atom. The molecule has 1 heterocycles. The van der Waals surface area contributed by atoms with E-state index in [0.717, 1.165) is 4.70 Å². The predicted molar refractivity (Wildman–Crippen MR) is 63.7 cm³/mol. The fourth-order valence-electron chi connectivity index (χ4n) is 1.52. The van der Waals surface area contributed by atoms with Gasteiger partial charge in [0.2, 0.25) is 0 Å². The third-order valence-corrected chi connectivity index (χ3v) is 3.10. The van der Waals surface area contributed by atoms with Crippen LogP contribution in [-0.4, -0.2) is 26.3 Å². The first-order valence-electron chi connectivity index (χ1n) is 4.56. The molecule has 1 aromatic heterocycles. The van der Waals surface area contributed by atoms with Crippen LogP contribution in [0.25, 0.3) is 10.2 Å². The summed E-state index contributed by atoms with van der Waals surface area (Å²) >= 11 is 1.34. The first kappa shape index (κ1) is 10.8. The van der Waals surface area contributed by atoms with Crippen LogP contribution in [0.4, 0.5) is 5.13 Å². The van der Waals surface area contributed by atoms with E-state index in [4.69, 9.17) is 19.9 Å². The molecule has 0 amide bonds. The number of anilines is 1. The number of rotatable bonds is 3. The molecule has 6 heteroatoms. The van der Waals surface area contributed by atoms with Crippen LogP contribution < -0.4 is 19.9 Å². The van der Waals surface area contributed by atoms with Crippen molar-refractivity contribution in [3.63, 3.8) is 0 Å². The third-order valence-electron chi connectivity index (χ3n) is 2.21. The topological polar surface area (TPSA) is 66.6 Å². The Labute approximate surface area is 96.7 Å². The minimum absolute atomic E-state index is 0.472. The first-order chi connectivity index (χ1) is 7.71. The fourth-order valence-corrected chi connectivity index (χ4v) is 2.39. The minimum atomic E-state index is 0.472. The largest absolute Gasteiger partial charge is 0.494 e. The van der Waals surface area contributed by atoms with Crippen LogP contribution in [-0.2, 0) is 0 Å². The van der Waals surface area contributed by atoms with Crippen molar-refractivity contribution < 1.29 is 14.2 Å². The van der Waals surface area contributed by atoms with Crippen molar-refractivity contribution >= 4 is 26.7 Å². The van der Waals surface area contributed by atoms with Gasteiger partial charge in [-0.25, -0.2) is 4.98 Å². The van der Waals surface area contributed by atoms with Crippen LogP contribution in [0, 0.1) is 0 Å². The predicted octanol–water partition coefficient (Wildman–Crippen LogP) is 1.90. The molecule has 0 spiro atoms. The smallest absolute Gasteiger partial charge is 0.181 e. The maximum absolute atomic E-state index is 5.68. The molecule has 0 unspecified atom stereocenters. The number of nitrogens with two attached hydrogens (primary N) is 1. The maximum Gasteiger partial charge on any atom is 0.181 e. The van der Waals surface area contributed by atoms with Crippen molar-refractivity contribution in [2.24, 2.45) is 0 Å². The molecule has 86 valence electrons. The van der Waals surface area contributed by atoms with Crippen molar-refractivity contribution in [3.8, 4) is 17.2 Å². The Balaban J connectivity index is 2.82. The van der Waals surface area contributed by atoms with E-state index in [-0.39, 0.29) is 0 Å². The lowest BCUT2D eigenvalue weighted by Gasteiger charge is -2.10. The standard InChI is InChI=1S/C10H12N2O3S/c1-13-5-4-6(14-2)8(15-3)9-7(5)12-10(11)16-9/h4H,1-3H3,(H2,11,12). The second kappa shape index (κ2) is 4.05. The van der Waals surface area contributed by atoms with Gasteiger partial charge in [-0.05, 0) is 0 Å². The second-order valence-electron chi connectivity index (χ2n) is 3.04. The van der Waals surface area contributed by atoms with Gasteiger partial charge in [0.15, 0.2) is 16.6 Å². The van der Waals surface area contributed by atoms with E-state index in [1.807, 2.05) is 0 Å². The molecule has 5 nitrogen and oxygen atoms in total. The monoisotopic (exact) mass is 240 g/mol. The Morgan fingerprint density at radius 2 is 1.81 bits per heavy atom. The van der Waals surface area contributed by atoms with Gasteiger partial charge in [-0.15, -0.1) is 0 Å². The van der Waals surface area contributed by atoms with E-state index < -0.39 is 0 Å². The summed E-state index contributed by atoms with van der Waals surface area (Å²) in [6.45, 7) is 0. The number of nitrogen functional groups attached to an aromatic ring is 1. The Hall–Kier alpha value is -1.69. The summed E-state index contributed by atoms with van der Waals surface area (Å²) in [5.41, 5.74) is 6.38. The SMILES string of the molecule is COc1cc(OC)c2nc(N)sc2c1OC. The molecule has 0 radical (unpaired) electrons. The van der Waals surface area contributed by atoms with Gasteiger partial charge in [0.05, 0.1) is 21.3 Å². The van der Waals surface area contributed by atoms with Crippen LogP contribution in [0.5, 0.6) is 17.2 Å². The lowest BCUT2D eigenvalue weighted by Crippen LogP contribution is -1.93. The number of nitrogens with zero attached hydrogens (tertiary/aromatic N) is 1. The van der Waals surface area contributed by atoms with E-state index in [0.29, 0.717) is 27.9 Å². The number of hydrogen-bond acceptors (Lipinski definition) is 6. The van der Waals surface area contributed by atoms with Gasteiger partial charge in [-0.2, -0.15) is 0 Å². The van der Waals surface area contributed by atoms with Crippen molar-refractivity contribution in [2.45, 2.75) is 0 Å². The number of ether oxygens (including phenoxy) is 3. The zero-order chi connectivity index (χ0) is 11.7. The average Bonchev–Trinajstić information content (AvgIpc) is 2.67. The van der Waals surface area contributed by atoms with Gasteiger partial charge in [-0.3, -0.25) is 0 Å². The minimum Gasteiger partial charge on any atom is -0.494 e. The average molecular weight is 240 g/mol. The highest BCUT2D eigenvalue weighted by Gasteiger charge is 2.17. The molecule has 2 rings (SSSR count). The van der Waals surface area contributed by atoms with E-state index in [1.165, 1.54) is 11.3 Å². The van der Waals surface area contributed by atoms with Gasteiger partial charge in [0.25, 0.3) is 0 Å². The molecular formula is C10H12N2O3S. The number of thiazole rings is 1. The molecule has 0 aliphatic heterocycles. The van der Waals surface area contributed by atoms with Crippen LogP contribution >= 0.6 is 11.3 Å². The van der Waals surface area contributed by atoms with Gasteiger partial charge < -0.3 is 19.9 Å². The Morgan fingerprint density at radius 3 is 2.38 bits per heavy atom. The highest BCUT2D eigenvalue weighted by Crippen LogP contribution is 2.44. The van der Waals surface area contributed by atoms with Gasteiger partial charge in [0.1, 0.15) is 16.0 Å². The van der Waals surface area contributed by atoms with Crippen LogP contribution in [0.2, 0.25) is 0 Å². The molecule has 0 fully saturated rings. The van der Waals surface area contributed by atoms with Crippen LogP contribution in [0.3, 0.4) is 0 Å². The summed E-state index contributed by atoms with van der Waals surface area (Å²) < 4.78 is 16.6. The fraction of sp³-hybridized carbons (Fsp3) is 0.300. The summed E-state index contributed by atoms with van der Waals surface area (Å²) in [7, 11) is 4.74. The molecule has 0 atom stereocenters. The second-order valence-corrected chi connectivity index (χ2v) is 4.07. The van der Waals surface area contributed by atoms with Crippen molar-refractivity contribution in [2.75, 3.05) is 27.1 Å². The molecule has 0 bridgehead atoms. The molecule has 0 aliphatic rings. The van der Waals surface area contributed by atoms with Gasteiger partial charge >= 0.3 is 0 Å². The van der Waals surface area contributed by atoms with Crippen molar-refractivity contribution in [1.29, 1.82) is 0 Å². The van der Waals surface area contributed by atoms with E-state index in [1.54, 1.807) is 27.4 Å². The number of fused-ring (bicyclic) bond motifs is 1. The van der Waals surface area contributed by atoms with Gasteiger partial charge in [0, 0.05) is 6.07 Å². The number of aromatic nitrogens is 1. The molecule has 0 saturated carbocycles.